The Balaban J connectivity index is 1.68. The van der Waals surface area contributed by atoms with Crippen LogP contribution in [0.4, 0.5) is 5.69 Å². The van der Waals surface area contributed by atoms with Crippen LogP contribution in [-0.2, 0) is 11.2 Å². The minimum Gasteiger partial charge on any atom is -0.484 e. The molecule has 0 aliphatic heterocycles. The fourth-order valence-corrected chi connectivity index (χ4v) is 2.79. The number of ether oxygens (including phenoxy) is 1. The number of rotatable bonds is 6. The number of carbonyl (C=O) groups excluding carboxylic acids is 1. The van der Waals surface area contributed by atoms with Crippen molar-refractivity contribution >= 4 is 11.6 Å². The predicted molar refractivity (Wildman–Crippen MR) is 103 cm³/mol. The molecular weight excluding hydrogens is 326 g/mol. The van der Waals surface area contributed by atoms with Crippen molar-refractivity contribution in [3.63, 3.8) is 0 Å². The molecule has 0 unspecified atom stereocenters. The van der Waals surface area contributed by atoms with E-state index in [1.54, 1.807) is 0 Å². The minimum atomic E-state index is -0.210. The number of nitrogens with one attached hydrogen (secondary N) is 1. The van der Waals surface area contributed by atoms with Gasteiger partial charge >= 0.3 is 0 Å². The third kappa shape index (κ3) is 4.11. The van der Waals surface area contributed by atoms with Crippen molar-refractivity contribution < 1.29 is 9.53 Å². The lowest BCUT2D eigenvalue weighted by atomic mass is 10.2. The molecule has 0 fully saturated rings. The highest BCUT2D eigenvalue weighted by atomic mass is 16.5. The van der Waals surface area contributed by atoms with Crippen LogP contribution in [0, 0.1) is 13.8 Å². The van der Waals surface area contributed by atoms with Crippen molar-refractivity contribution in [3.8, 4) is 11.4 Å². The Morgan fingerprint density at radius 3 is 2.50 bits per heavy atom. The van der Waals surface area contributed by atoms with Crippen LogP contribution in [0.5, 0.6) is 5.75 Å². The van der Waals surface area contributed by atoms with Gasteiger partial charge in [-0.15, -0.1) is 0 Å². The van der Waals surface area contributed by atoms with Crippen LogP contribution in [0.15, 0.2) is 54.6 Å². The second-order valence-corrected chi connectivity index (χ2v) is 6.19. The zero-order chi connectivity index (χ0) is 18.5. The molecule has 5 heteroatoms. The van der Waals surface area contributed by atoms with Crippen LogP contribution in [0.3, 0.4) is 0 Å². The Hall–Kier alpha value is -3.08. The SMILES string of the molecule is CCc1ccc(OCC(=O)Nc2ccccc2-n2nc(C)cc2C)cc1. The summed E-state index contributed by atoms with van der Waals surface area (Å²) in [5.74, 6) is 0.475. The lowest BCUT2D eigenvalue weighted by molar-refractivity contribution is -0.118. The van der Waals surface area contributed by atoms with E-state index in [1.807, 2.05) is 73.1 Å². The normalized spacial score (nSPS) is 10.6. The van der Waals surface area contributed by atoms with E-state index in [2.05, 4.69) is 17.3 Å². The zero-order valence-corrected chi connectivity index (χ0v) is 15.3. The molecule has 3 aromatic rings. The largest absolute Gasteiger partial charge is 0.484 e. The summed E-state index contributed by atoms with van der Waals surface area (Å²) < 4.78 is 7.41. The van der Waals surface area contributed by atoms with Crippen molar-refractivity contribution in [3.05, 3.63) is 71.5 Å². The first-order valence-corrected chi connectivity index (χ1v) is 8.71. The summed E-state index contributed by atoms with van der Waals surface area (Å²) in [6, 6.07) is 17.4. The van der Waals surface area contributed by atoms with E-state index < -0.39 is 0 Å². The Kier molecular flexibility index (Phi) is 5.37. The van der Waals surface area contributed by atoms with Crippen LogP contribution in [0.2, 0.25) is 0 Å². The van der Waals surface area contributed by atoms with E-state index in [9.17, 15) is 4.79 Å². The van der Waals surface area contributed by atoms with Crippen LogP contribution < -0.4 is 10.1 Å². The van der Waals surface area contributed by atoms with Gasteiger partial charge < -0.3 is 10.1 Å². The summed E-state index contributed by atoms with van der Waals surface area (Å²) in [6.07, 6.45) is 0.976. The maximum Gasteiger partial charge on any atom is 0.262 e. The predicted octanol–water partition coefficient (Wildman–Crippen LogP) is 4.07. The maximum atomic E-state index is 12.3. The molecule has 0 aliphatic carbocycles. The fourth-order valence-electron chi connectivity index (χ4n) is 2.79. The first-order chi connectivity index (χ1) is 12.6. The number of hydrogen-bond donors (Lipinski definition) is 1. The van der Waals surface area contributed by atoms with Crippen molar-refractivity contribution in [2.45, 2.75) is 27.2 Å². The average Bonchev–Trinajstić information content (AvgIpc) is 2.99. The van der Waals surface area contributed by atoms with Crippen molar-refractivity contribution in [2.75, 3.05) is 11.9 Å². The summed E-state index contributed by atoms with van der Waals surface area (Å²) in [6.45, 7) is 5.99. The van der Waals surface area contributed by atoms with Crippen LogP contribution in [0.25, 0.3) is 5.69 Å². The van der Waals surface area contributed by atoms with Crippen molar-refractivity contribution in [1.29, 1.82) is 0 Å². The maximum absolute atomic E-state index is 12.3. The molecular formula is C21H23N3O2. The molecule has 0 saturated carbocycles. The Morgan fingerprint density at radius 2 is 1.85 bits per heavy atom. The number of aromatic nitrogens is 2. The highest BCUT2D eigenvalue weighted by Gasteiger charge is 2.11. The van der Waals surface area contributed by atoms with Crippen molar-refractivity contribution in [1.82, 2.24) is 9.78 Å². The van der Waals surface area contributed by atoms with E-state index in [0.29, 0.717) is 11.4 Å². The third-order valence-corrected chi connectivity index (χ3v) is 4.12. The summed E-state index contributed by atoms with van der Waals surface area (Å²) in [4.78, 5) is 12.3. The van der Waals surface area contributed by atoms with Gasteiger partial charge in [0.15, 0.2) is 6.61 Å². The van der Waals surface area contributed by atoms with Gasteiger partial charge in [0.1, 0.15) is 5.75 Å². The number of para-hydroxylation sites is 2. The van der Waals surface area contributed by atoms with E-state index in [4.69, 9.17) is 4.74 Å². The van der Waals surface area contributed by atoms with Gasteiger partial charge in [-0.25, -0.2) is 4.68 Å². The Morgan fingerprint density at radius 1 is 1.12 bits per heavy atom. The van der Waals surface area contributed by atoms with Gasteiger partial charge in [-0.3, -0.25) is 4.79 Å². The summed E-state index contributed by atoms with van der Waals surface area (Å²) in [5.41, 5.74) is 4.71. The monoisotopic (exact) mass is 349 g/mol. The summed E-state index contributed by atoms with van der Waals surface area (Å²) >= 11 is 0. The summed E-state index contributed by atoms with van der Waals surface area (Å²) in [7, 11) is 0. The van der Waals surface area contributed by atoms with Gasteiger partial charge in [-0.05, 0) is 56.2 Å². The van der Waals surface area contributed by atoms with E-state index >= 15 is 0 Å². The number of amides is 1. The van der Waals surface area contributed by atoms with Gasteiger partial charge in [0.05, 0.1) is 17.1 Å². The number of hydrogen-bond acceptors (Lipinski definition) is 3. The van der Waals surface area contributed by atoms with Gasteiger partial charge in [-0.1, -0.05) is 31.2 Å². The second kappa shape index (κ2) is 7.87. The first-order valence-electron chi connectivity index (χ1n) is 8.71. The molecule has 3 rings (SSSR count). The lowest BCUT2D eigenvalue weighted by Gasteiger charge is -2.13. The first kappa shape index (κ1) is 17.7. The van der Waals surface area contributed by atoms with E-state index in [0.717, 1.165) is 23.5 Å². The molecule has 1 aromatic heterocycles. The molecule has 1 amide bonds. The Labute approximate surface area is 153 Å². The number of aryl methyl sites for hydroxylation is 3. The average molecular weight is 349 g/mol. The quantitative estimate of drug-likeness (QED) is 0.730. The van der Waals surface area contributed by atoms with E-state index in [1.165, 1.54) is 5.56 Å². The highest BCUT2D eigenvalue weighted by Crippen LogP contribution is 2.21. The van der Waals surface area contributed by atoms with Crippen LogP contribution in [-0.4, -0.2) is 22.3 Å². The van der Waals surface area contributed by atoms with Crippen LogP contribution in [0.1, 0.15) is 23.9 Å². The molecule has 0 bridgehead atoms. The molecule has 5 nitrogen and oxygen atoms in total. The van der Waals surface area contributed by atoms with Gasteiger partial charge in [0.2, 0.25) is 0 Å². The molecule has 0 radical (unpaired) electrons. The van der Waals surface area contributed by atoms with E-state index in [-0.39, 0.29) is 12.5 Å². The summed E-state index contributed by atoms with van der Waals surface area (Å²) in [5, 5.41) is 7.41. The molecule has 134 valence electrons. The van der Waals surface area contributed by atoms with Gasteiger partial charge in [0.25, 0.3) is 5.91 Å². The topological polar surface area (TPSA) is 56.1 Å². The number of anilines is 1. The minimum absolute atomic E-state index is 0.0447. The lowest BCUT2D eigenvalue weighted by Crippen LogP contribution is -2.21. The molecule has 0 saturated heterocycles. The zero-order valence-electron chi connectivity index (χ0n) is 15.3. The van der Waals surface area contributed by atoms with Crippen LogP contribution >= 0.6 is 0 Å². The molecule has 1 N–H and O–H groups in total. The molecule has 0 spiro atoms. The molecule has 1 heterocycles. The smallest absolute Gasteiger partial charge is 0.262 e. The number of carbonyl (C=O) groups is 1. The van der Waals surface area contributed by atoms with Crippen molar-refractivity contribution in [2.24, 2.45) is 0 Å². The second-order valence-electron chi connectivity index (χ2n) is 6.19. The molecule has 0 atom stereocenters. The number of nitrogens with zero attached hydrogens (tertiary/aromatic N) is 2. The standard InChI is InChI=1S/C21H23N3O2/c1-4-17-9-11-18(12-10-17)26-14-21(25)22-19-7-5-6-8-20(19)24-16(3)13-15(2)23-24/h5-13H,4,14H2,1-3H3,(H,22,25). The van der Waals surface area contributed by atoms with Gasteiger partial charge in [-0.2, -0.15) is 5.10 Å². The molecule has 0 aliphatic rings. The highest BCUT2D eigenvalue weighted by molar-refractivity contribution is 5.93. The molecule has 2 aromatic carbocycles. The number of benzene rings is 2. The fraction of sp³-hybridized carbons (Fsp3) is 0.238. The Bertz CT molecular complexity index is 898. The third-order valence-electron chi connectivity index (χ3n) is 4.12. The van der Waals surface area contributed by atoms with Gasteiger partial charge in [0, 0.05) is 5.69 Å². The molecule has 26 heavy (non-hydrogen) atoms.